The SMILES string of the molecule is CCC(CC(=O)N1CCSCC1CC(=O)O)NC(=O)OCC1c2ccccc2-c2ccccc21. The van der Waals surface area contributed by atoms with Gasteiger partial charge in [0.05, 0.1) is 12.5 Å². The molecule has 2 amide bonds. The molecule has 0 aromatic heterocycles. The lowest BCUT2D eigenvalue weighted by atomic mass is 9.98. The van der Waals surface area contributed by atoms with Gasteiger partial charge in [0.2, 0.25) is 5.91 Å². The summed E-state index contributed by atoms with van der Waals surface area (Å²) < 4.78 is 5.62. The van der Waals surface area contributed by atoms with Gasteiger partial charge in [-0.25, -0.2) is 4.79 Å². The molecule has 2 unspecified atom stereocenters. The van der Waals surface area contributed by atoms with Gasteiger partial charge in [-0.3, -0.25) is 9.59 Å². The molecule has 2 atom stereocenters. The van der Waals surface area contributed by atoms with E-state index in [4.69, 9.17) is 9.84 Å². The van der Waals surface area contributed by atoms with Crippen molar-refractivity contribution in [1.29, 1.82) is 0 Å². The summed E-state index contributed by atoms with van der Waals surface area (Å²) in [6, 6.07) is 15.6. The average molecular weight is 483 g/mol. The first kappa shape index (κ1) is 24.1. The van der Waals surface area contributed by atoms with Crippen molar-refractivity contribution < 1.29 is 24.2 Å². The Morgan fingerprint density at radius 3 is 2.38 bits per heavy atom. The molecule has 1 fully saturated rings. The maximum atomic E-state index is 12.9. The Hall–Kier alpha value is -3.00. The van der Waals surface area contributed by atoms with Crippen molar-refractivity contribution >= 4 is 29.7 Å². The van der Waals surface area contributed by atoms with Gasteiger partial charge < -0.3 is 20.1 Å². The van der Waals surface area contributed by atoms with Crippen LogP contribution in [0.15, 0.2) is 48.5 Å². The molecule has 2 aromatic rings. The number of carboxylic acids is 1. The van der Waals surface area contributed by atoms with E-state index in [0.717, 1.165) is 16.9 Å². The summed E-state index contributed by atoms with van der Waals surface area (Å²) in [5.74, 6) is 0.349. The Kier molecular flexibility index (Phi) is 7.77. The molecule has 0 bridgehead atoms. The minimum Gasteiger partial charge on any atom is -0.481 e. The summed E-state index contributed by atoms with van der Waals surface area (Å²) in [6.07, 6.45) is 0.0941. The molecule has 2 N–H and O–H groups in total. The fourth-order valence-electron chi connectivity index (χ4n) is 4.79. The van der Waals surface area contributed by atoms with Crippen molar-refractivity contribution in [3.05, 3.63) is 59.7 Å². The predicted octanol–water partition coefficient (Wildman–Crippen LogP) is 4.11. The third kappa shape index (κ3) is 5.38. The van der Waals surface area contributed by atoms with Crippen LogP contribution >= 0.6 is 11.8 Å². The molecule has 1 saturated heterocycles. The van der Waals surface area contributed by atoms with E-state index in [9.17, 15) is 14.4 Å². The molecular weight excluding hydrogens is 452 g/mol. The van der Waals surface area contributed by atoms with Gasteiger partial charge >= 0.3 is 12.1 Å². The monoisotopic (exact) mass is 482 g/mol. The van der Waals surface area contributed by atoms with Crippen LogP contribution in [-0.2, 0) is 14.3 Å². The van der Waals surface area contributed by atoms with E-state index in [-0.39, 0.29) is 43.4 Å². The maximum absolute atomic E-state index is 12.9. The number of rotatable bonds is 8. The fourth-order valence-corrected chi connectivity index (χ4v) is 5.85. The van der Waals surface area contributed by atoms with Crippen molar-refractivity contribution in [2.75, 3.05) is 24.7 Å². The molecule has 1 aliphatic heterocycles. The smallest absolute Gasteiger partial charge is 0.407 e. The molecule has 2 aromatic carbocycles. The van der Waals surface area contributed by atoms with E-state index >= 15 is 0 Å². The Balaban J connectivity index is 1.34. The van der Waals surface area contributed by atoms with Crippen LogP contribution in [0.4, 0.5) is 4.79 Å². The molecule has 7 nitrogen and oxygen atoms in total. The lowest BCUT2D eigenvalue weighted by Gasteiger charge is -2.35. The third-order valence-corrected chi connectivity index (χ3v) is 7.63. The highest BCUT2D eigenvalue weighted by atomic mass is 32.2. The summed E-state index contributed by atoms with van der Waals surface area (Å²) in [5.41, 5.74) is 4.62. The second kappa shape index (κ2) is 11.0. The number of benzene rings is 2. The number of carbonyl (C=O) groups is 3. The Labute approximate surface area is 203 Å². The predicted molar refractivity (Wildman–Crippen MR) is 132 cm³/mol. The molecule has 8 heteroatoms. The second-order valence-electron chi connectivity index (χ2n) is 8.69. The number of carboxylic acid groups (broad SMARTS) is 1. The molecule has 0 radical (unpaired) electrons. The first-order chi connectivity index (χ1) is 16.5. The number of aliphatic carboxylic acids is 1. The second-order valence-corrected chi connectivity index (χ2v) is 9.84. The van der Waals surface area contributed by atoms with Crippen molar-refractivity contribution in [3.8, 4) is 11.1 Å². The van der Waals surface area contributed by atoms with Gasteiger partial charge in [-0.1, -0.05) is 55.5 Å². The van der Waals surface area contributed by atoms with E-state index < -0.39 is 12.1 Å². The van der Waals surface area contributed by atoms with Crippen LogP contribution < -0.4 is 5.32 Å². The van der Waals surface area contributed by atoms with Crippen LogP contribution in [0.25, 0.3) is 11.1 Å². The molecule has 4 rings (SSSR count). The highest BCUT2D eigenvalue weighted by molar-refractivity contribution is 7.99. The minimum absolute atomic E-state index is 0.0255. The molecule has 1 aliphatic carbocycles. The van der Waals surface area contributed by atoms with Crippen LogP contribution in [0.1, 0.15) is 43.2 Å². The van der Waals surface area contributed by atoms with Gasteiger partial charge in [0.15, 0.2) is 0 Å². The Bertz CT molecular complexity index is 1010. The molecule has 180 valence electrons. The van der Waals surface area contributed by atoms with Crippen molar-refractivity contribution in [2.45, 2.75) is 44.2 Å². The average Bonchev–Trinajstić information content (AvgIpc) is 3.16. The van der Waals surface area contributed by atoms with Gasteiger partial charge in [-0.15, -0.1) is 0 Å². The standard InChI is InChI=1S/C26H30N2O5S/c1-2-17(13-24(29)28-11-12-34-16-18(28)14-25(30)31)27-26(32)33-15-23-21-9-5-3-7-19(21)20-8-4-6-10-22(20)23/h3-10,17-18,23H,2,11-16H2,1H3,(H,27,32)(H,30,31). The normalized spacial score (nSPS) is 18.0. The lowest BCUT2D eigenvalue weighted by molar-refractivity contribution is -0.140. The summed E-state index contributed by atoms with van der Waals surface area (Å²) in [4.78, 5) is 38.4. The summed E-state index contributed by atoms with van der Waals surface area (Å²) in [6.45, 7) is 2.65. The zero-order chi connectivity index (χ0) is 24.1. The van der Waals surface area contributed by atoms with Crippen LogP contribution in [0.3, 0.4) is 0 Å². The summed E-state index contributed by atoms with van der Waals surface area (Å²) >= 11 is 1.66. The molecule has 0 saturated carbocycles. The van der Waals surface area contributed by atoms with Crippen LogP contribution in [0.5, 0.6) is 0 Å². The van der Waals surface area contributed by atoms with Gasteiger partial charge in [-0.05, 0) is 28.7 Å². The quantitative estimate of drug-likeness (QED) is 0.588. The number of thioether (sulfide) groups is 1. The molecule has 1 heterocycles. The molecule has 34 heavy (non-hydrogen) atoms. The number of nitrogens with one attached hydrogen (secondary N) is 1. The van der Waals surface area contributed by atoms with Gasteiger partial charge in [-0.2, -0.15) is 11.8 Å². The molecule has 0 spiro atoms. The number of amides is 2. The highest BCUT2D eigenvalue weighted by Crippen LogP contribution is 2.44. The highest BCUT2D eigenvalue weighted by Gasteiger charge is 2.31. The maximum Gasteiger partial charge on any atom is 0.407 e. The summed E-state index contributed by atoms with van der Waals surface area (Å²) in [7, 11) is 0. The Morgan fingerprint density at radius 2 is 1.76 bits per heavy atom. The number of fused-ring (bicyclic) bond motifs is 3. The third-order valence-electron chi connectivity index (χ3n) is 6.54. The first-order valence-corrected chi connectivity index (χ1v) is 12.8. The number of alkyl carbamates (subject to hydrolysis) is 1. The van der Waals surface area contributed by atoms with Gasteiger partial charge in [0.1, 0.15) is 6.61 Å². The molecule has 2 aliphatic rings. The van der Waals surface area contributed by atoms with Gasteiger partial charge in [0, 0.05) is 36.4 Å². The van der Waals surface area contributed by atoms with Gasteiger partial charge in [0.25, 0.3) is 0 Å². The van der Waals surface area contributed by atoms with Crippen LogP contribution in [0, 0.1) is 0 Å². The largest absolute Gasteiger partial charge is 0.481 e. The zero-order valence-electron chi connectivity index (χ0n) is 19.2. The van der Waals surface area contributed by atoms with Crippen molar-refractivity contribution in [1.82, 2.24) is 10.2 Å². The molecular formula is C26H30N2O5S. The van der Waals surface area contributed by atoms with Crippen LogP contribution in [-0.4, -0.2) is 64.7 Å². The lowest BCUT2D eigenvalue weighted by Crippen LogP contribution is -2.49. The van der Waals surface area contributed by atoms with E-state index in [1.165, 1.54) is 11.1 Å². The van der Waals surface area contributed by atoms with Crippen molar-refractivity contribution in [3.63, 3.8) is 0 Å². The Morgan fingerprint density at radius 1 is 1.12 bits per heavy atom. The van der Waals surface area contributed by atoms with E-state index in [2.05, 4.69) is 29.6 Å². The fraction of sp³-hybridized carbons (Fsp3) is 0.423. The number of hydrogen-bond acceptors (Lipinski definition) is 5. The zero-order valence-corrected chi connectivity index (χ0v) is 20.1. The summed E-state index contributed by atoms with van der Waals surface area (Å²) in [5, 5.41) is 12.0. The van der Waals surface area contributed by atoms with E-state index in [1.54, 1.807) is 16.7 Å². The van der Waals surface area contributed by atoms with E-state index in [0.29, 0.717) is 18.7 Å². The number of nitrogens with zero attached hydrogens (tertiary/aromatic N) is 1. The minimum atomic E-state index is -0.908. The van der Waals surface area contributed by atoms with Crippen molar-refractivity contribution in [2.24, 2.45) is 0 Å². The number of carbonyl (C=O) groups excluding carboxylic acids is 2. The van der Waals surface area contributed by atoms with Crippen LogP contribution in [0.2, 0.25) is 0 Å². The van der Waals surface area contributed by atoms with E-state index in [1.807, 2.05) is 31.2 Å². The topological polar surface area (TPSA) is 95.9 Å². The first-order valence-electron chi connectivity index (χ1n) is 11.7. The number of hydrogen-bond donors (Lipinski definition) is 2. The number of ether oxygens (including phenoxy) is 1.